The number of benzene rings is 1. The lowest BCUT2D eigenvalue weighted by molar-refractivity contribution is -0.104. The summed E-state index contributed by atoms with van der Waals surface area (Å²) in [5.41, 5.74) is 0.983. The molecule has 1 aliphatic rings. The van der Waals surface area contributed by atoms with Gasteiger partial charge in [0.15, 0.2) is 0 Å². The van der Waals surface area contributed by atoms with Crippen molar-refractivity contribution in [2.24, 2.45) is 0 Å². The maximum atomic E-state index is 10.1. The highest BCUT2D eigenvalue weighted by Gasteiger charge is 2.22. The predicted molar refractivity (Wildman–Crippen MR) is 56.8 cm³/mol. The molecule has 3 heteroatoms. The topological polar surface area (TPSA) is 38.8 Å². The molecule has 1 heterocycles. The van der Waals surface area contributed by atoms with Crippen LogP contribution in [0.2, 0.25) is 0 Å². The first-order valence-corrected chi connectivity index (χ1v) is 4.85. The fourth-order valence-corrected chi connectivity index (χ4v) is 1.18. The van der Waals surface area contributed by atoms with Gasteiger partial charge in [-0.3, -0.25) is 4.79 Å². The van der Waals surface area contributed by atoms with E-state index in [1.54, 1.807) is 6.08 Å². The average molecular weight is 204 g/mol. The summed E-state index contributed by atoms with van der Waals surface area (Å²) in [6.45, 7) is 1.42. The molecule has 1 aromatic carbocycles. The van der Waals surface area contributed by atoms with Gasteiger partial charge in [-0.15, -0.1) is 0 Å². The summed E-state index contributed by atoms with van der Waals surface area (Å²) >= 11 is 0. The molecule has 0 saturated carbocycles. The molecule has 0 spiro atoms. The molecule has 0 bridgehead atoms. The zero-order valence-corrected chi connectivity index (χ0v) is 8.26. The summed E-state index contributed by atoms with van der Waals surface area (Å²) in [4.78, 5) is 10.1. The lowest BCUT2D eigenvalue weighted by Gasteiger charge is -2.03. The van der Waals surface area contributed by atoms with Crippen molar-refractivity contribution >= 4 is 12.4 Å². The van der Waals surface area contributed by atoms with Crippen molar-refractivity contribution in [1.82, 2.24) is 0 Å². The van der Waals surface area contributed by atoms with E-state index in [-0.39, 0.29) is 6.10 Å². The molecule has 1 atom stereocenters. The smallest absolute Gasteiger partial charge is 0.142 e. The van der Waals surface area contributed by atoms with Gasteiger partial charge in [-0.1, -0.05) is 18.2 Å². The minimum atomic E-state index is 0.277. The highest BCUT2D eigenvalue weighted by molar-refractivity contribution is 5.73. The Labute approximate surface area is 88.3 Å². The Morgan fingerprint density at radius 1 is 1.40 bits per heavy atom. The van der Waals surface area contributed by atoms with E-state index in [0.29, 0.717) is 6.61 Å². The molecule has 3 nitrogen and oxygen atoms in total. The van der Waals surface area contributed by atoms with E-state index in [9.17, 15) is 4.79 Å². The Bertz CT molecular complexity index is 350. The molecule has 0 N–H and O–H groups in total. The number of hydrogen-bond donors (Lipinski definition) is 0. The van der Waals surface area contributed by atoms with Gasteiger partial charge in [-0.05, 0) is 23.8 Å². The van der Waals surface area contributed by atoms with Gasteiger partial charge >= 0.3 is 0 Å². The number of allylic oxidation sites excluding steroid dienone is 1. The number of aldehydes is 1. The highest BCUT2D eigenvalue weighted by atomic mass is 16.6. The van der Waals surface area contributed by atoms with Crippen LogP contribution >= 0.6 is 0 Å². The van der Waals surface area contributed by atoms with E-state index in [0.717, 1.165) is 24.2 Å². The second-order valence-electron chi connectivity index (χ2n) is 3.33. The van der Waals surface area contributed by atoms with Crippen molar-refractivity contribution in [3.63, 3.8) is 0 Å². The second-order valence-corrected chi connectivity index (χ2v) is 3.33. The van der Waals surface area contributed by atoms with Crippen LogP contribution in [0.3, 0.4) is 0 Å². The molecule has 1 unspecified atom stereocenters. The molecular weight excluding hydrogens is 192 g/mol. The van der Waals surface area contributed by atoms with Crippen LogP contribution in [0.1, 0.15) is 5.56 Å². The molecule has 78 valence electrons. The quantitative estimate of drug-likeness (QED) is 0.416. The van der Waals surface area contributed by atoms with E-state index < -0.39 is 0 Å². The lowest BCUT2D eigenvalue weighted by atomic mass is 10.2. The molecule has 1 aliphatic heterocycles. The second kappa shape index (κ2) is 4.75. The maximum Gasteiger partial charge on any atom is 0.142 e. The first kappa shape index (κ1) is 9.93. The number of carbonyl (C=O) groups excluding carboxylic acids is 1. The van der Waals surface area contributed by atoms with Gasteiger partial charge in [0.25, 0.3) is 0 Å². The highest BCUT2D eigenvalue weighted by Crippen LogP contribution is 2.16. The van der Waals surface area contributed by atoms with Crippen molar-refractivity contribution in [3.8, 4) is 5.75 Å². The van der Waals surface area contributed by atoms with E-state index >= 15 is 0 Å². The molecule has 2 rings (SSSR count). The van der Waals surface area contributed by atoms with Crippen LogP contribution in [0.5, 0.6) is 5.75 Å². The first-order valence-electron chi connectivity index (χ1n) is 4.85. The Balaban J connectivity index is 1.90. The van der Waals surface area contributed by atoms with Gasteiger partial charge in [0.1, 0.15) is 24.7 Å². The summed E-state index contributed by atoms with van der Waals surface area (Å²) in [6, 6.07) is 7.58. The molecule has 1 aromatic rings. The normalized spacial score (nSPS) is 19.1. The van der Waals surface area contributed by atoms with Gasteiger partial charge in [0.2, 0.25) is 0 Å². The van der Waals surface area contributed by atoms with E-state index in [1.807, 2.05) is 24.3 Å². The third kappa shape index (κ3) is 3.22. The summed E-state index contributed by atoms with van der Waals surface area (Å²) in [5, 5.41) is 0. The molecule has 0 radical (unpaired) electrons. The zero-order valence-electron chi connectivity index (χ0n) is 8.26. The molecule has 1 fully saturated rings. The van der Waals surface area contributed by atoms with Gasteiger partial charge in [0.05, 0.1) is 6.61 Å². The van der Waals surface area contributed by atoms with E-state index in [1.165, 1.54) is 6.08 Å². The summed E-state index contributed by atoms with van der Waals surface area (Å²) in [6.07, 6.45) is 4.25. The third-order valence-corrected chi connectivity index (χ3v) is 2.09. The van der Waals surface area contributed by atoms with Crippen LogP contribution in [0, 0.1) is 0 Å². The number of ether oxygens (including phenoxy) is 2. The van der Waals surface area contributed by atoms with Crippen LogP contribution in [-0.4, -0.2) is 25.6 Å². The maximum absolute atomic E-state index is 10.1. The number of rotatable bonds is 5. The molecule has 15 heavy (non-hydrogen) atoms. The van der Waals surface area contributed by atoms with E-state index in [4.69, 9.17) is 9.47 Å². The Morgan fingerprint density at radius 3 is 2.73 bits per heavy atom. The summed E-state index contributed by atoms with van der Waals surface area (Å²) in [5.74, 6) is 0.828. The Hall–Kier alpha value is -1.61. The zero-order chi connectivity index (χ0) is 10.5. The van der Waals surface area contributed by atoms with Gasteiger partial charge < -0.3 is 9.47 Å². The van der Waals surface area contributed by atoms with Crippen molar-refractivity contribution in [1.29, 1.82) is 0 Å². The number of hydrogen-bond acceptors (Lipinski definition) is 3. The predicted octanol–water partition coefficient (Wildman–Crippen LogP) is 1.68. The molecule has 0 amide bonds. The Morgan fingerprint density at radius 2 is 2.13 bits per heavy atom. The van der Waals surface area contributed by atoms with Gasteiger partial charge in [-0.2, -0.15) is 0 Å². The molecular formula is C12H12O3. The van der Waals surface area contributed by atoms with Crippen LogP contribution in [0.15, 0.2) is 30.3 Å². The lowest BCUT2D eigenvalue weighted by Crippen LogP contribution is -2.03. The van der Waals surface area contributed by atoms with Gasteiger partial charge in [0, 0.05) is 0 Å². The minimum Gasteiger partial charge on any atom is -0.491 e. The third-order valence-electron chi connectivity index (χ3n) is 2.09. The van der Waals surface area contributed by atoms with Gasteiger partial charge in [-0.25, -0.2) is 0 Å². The first-order chi connectivity index (χ1) is 7.38. The SMILES string of the molecule is O=C/C=C/c1ccc(OCC2CO2)cc1. The standard InChI is InChI=1S/C12H12O3/c13-7-1-2-10-3-5-11(6-4-10)14-8-12-9-15-12/h1-7,12H,8-9H2/b2-1+. The molecule has 1 saturated heterocycles. The van der Waals surface area contributed by atoms with Crippen molar-refractivity contribution in [2.45, 2.75) is 6.10 Å². The molecule has 0 aliphatic carbocycles. The van der Waals surface area contributed by atoms with Crippen LogP contribution in [0.4, 0.5) is 0 Å². The summed E-state index contributed by atoms with van der Waals surface area (Å²) < 4.78 is 10.5. The molecule has 0 aromatic heterocycles. The van der Waals surface area contributed by atoms with Crippen LogP contribution in [-0.2, 0) is 9.53 Å². The largest absolute Gasteiger partial charge is 0.491 e. The van der Waals surface area contributed by atoms with Crippen molar-refractivity contribution in [3.05, 3.63) is 35.9 Å². The van der Waals surface area contributed by atoms with E-state index in [2.05, 4.69) is 0 Å². The summed E-state index contributed by atoms with van der Waals surface area (Å²) in [7, 11) is 0. The Kier molecular flexibility index (Phi) is 3.15. The van der Waals surface area contributed by atoms with Crippen molar-refractivity contribution in [2.75, 3.05) is 13.2 Å². The fourth-order valence-electron chi connectivity index (χ4n) is 1.18. The monoisotopic (exact) mass is 204 g/mol. The minimum absolute atomic E-state index is 0.277. The fraction of sp³-hybridized carbons (Fsp3) is 0.250. The average Bonchev–Trinajstić information content (AvgIpc) is 3.09. The van der Waals surface area contributed by atoms with Crippen molar-refractivity contribution < 1.29 is 14.3 Å². The number of epoxide rings is 1. The van der Waals surface area contributed by atoms with Crippen LogP contribution in [0.25, 0.3) is 6.08 Å². The number of carbonyl (C=O) groups is 1. The van der Waals surface area contributed by atoms with Crippen LogP contribution < -0.4 is 4.74 Å².